The molecule has 0 radical (unpaired) electrons. The number of carbonyl (C=O) groups is 1. The molecule has 0 saturated carbocycles. The van der Waals surface area contributed by atoms with Gasteiger partial charge in [-0.1, -0.05) is 0 Å². The van der Waals surface area contributed by atoms with Crippen molar-refractivity contribution in [1.82, 2.24) is 15.3 Å². The predicted octanol–water partition coefficient (Wildman–Crippen LogP) is 2.76. The Hall–Kier alpha value is -2.47. The third-order valence-electron chi connectivity index (χ3n) is 3.26. The van der Waals surface area contributed by atoms with E-state index in [2.05, 4.69) is 15.3 Å². The maximum absolute atomic E-state index is 12.4. The maximum Gasteiger partial charge on any atom is 0.264 e. The molecule has 0 bridgehead atoms. The van der Waals surface area contributed by atoms with Crippen molar-refractivity contribution in [2.24, 2.45) is 0 Å². The van der Waals surface area contributed by atoms with E-state index >= 15 is 0 Å². The number of rotatable bonds is 3. The summed E-state index contributed by atoms with van der Waals surface area (Å²) in [5.41, 5.74) is 7.54. The molecule has 1 atom stereocenters. The van der Waals surface area contributed by atoms with E-state index in [1.54, 1.807) is 18.6 Å². The highest BCUT2D eigenvalue weighted by atomic mass is 32.1. The van der Waals surface area contributed by atoms with Gasteiger partial charge in [0.05, 0.1) is 11.7 Å². The minimum atomic E-state index is -0.181. The van der Waals surface area contributed by atoms with Crippen LogP contribution in [-0.4, -0.2) is 15.9 Å². The van der Waals surface area contributed by atoms with E-state index in [1.165, 1.54) is 11.3 Å². The number of hydrogen-bond donors (Lipinski definition) is 2. The third kappa shape index (κ3) is 2.57. The highest BCUT2D eigenvalue weighted by Gasteiger charge is 2.18. The van der Waals surface area contributed by atoms with Gasteiger partial charge in [-0.05, 0) is 36.8 Å². The Balaban J connectivity index is 1.86. The van der Waals surface area contributed by atoms with Gasteiger partial charge in [0.2, 0.25) is 0 Å². The monoisotopic (exact) mass is 298 g/mol. The molecule has 106 valence electrons. The molecule has 0 spiro atoms. The number of thiophene rings is 1. The Morgan fingerprint density at radius 3 is 2.76 bits per heavy atom. The standard InChI is InChI=1S/C15H14N4OS/c1-9(10-4-7-17-8-5-10)19-14(20)13-12(16)11-3-2-6-18-15(11)21-13/h2-9H,16H2,1H3,(H,19,20). The summed E-state index contributed by atoms with van der Waals surface area (Å²) < 4.78 is 0. The molecule has 0 aromatic carbocycles. The summed E-state index contributed by atoms with van der Waals surface area (Å²) in [6.45, 7) is 1.93. The summed E-state index contributed by atoms with van der Waals surface area (Å²) in [7, 11) is 0. The summed E-state index contributed by atoms with van der Waals surface area (Å²) in [6, 6.07) is 7.32. The molecule has 0 aliphatic heterocycles. The lowest BCUT2D eigenvalue weighted by Gasteiger charge is -2.13. The number of pyridine rings is 2. The van der Waals surface area contributed by atoms with Crippen molar-refractivity contribution in [3.63, 3.8) is 0 Å². The number of nitrogen functional groups attached to an aromatic ring is 1. The van der Waals surface area contributed by atoms with Gasteiger partial charge in [0.25, 0.3) is 5.91 Å². The van der Waals surface area contributed by atoms with Crippen molar-refractivity contribution in [3.05, 3.63) is 53.3 Å². The van der Waals surface area contributed by atoms with Crippen molar-refractivity contribution in [2.75, 3.05) is 5.73 Å². The van der Waals surface area contributed by atoms with Gasteiger partial charge in [0, 0.05) is 24.0 Å². The molecule has 5 nitrogen and oxygen atoms in total. The Morgan fingerprint density at radius 2 is 2.05 bits per heavy atom. The molecule has 6 heteroatoms. The van der Waals surface area contributed by atoms with E-state index in [0.29, 0.717) is 10.6 Å². The average Bonchev–Trinajstić information content (AvgIpc) is 2.86. The molecule has 3 N–H and O–H groups in total. The van der Waals surface area contributed by atoms with Crippen LogP contribution in [0.4, 0.5) is 5.69 Å². The summed E-state index contributed by atoms with van der Waals surface area (Å²) in [5, 5.41) is 3.77. The van der Waals surface area contributed by atoms with Crippen LogP contribution >= 0.6 is 11.3 Å². The number of nitrogens with zero attached hydrogens (tertiary/aromatic N) is 2. The molecular formula is C15H14N4OS. The topological polar surface area (TPSA) is 80.9 Å². The van der Waals surface area contributed by atoms with Gasteiger partial charge in [-0.3, -0.25) is 9.78 Å². The molecule has 3 aromatic heterocycles. The number of amides is 1. The van der Waals surface area contributed by atoms with Crippen molar-refractivity contribution < 1.29 is 4.79 Å². The van der Waals surface area contributed by atoms with Gasteiger partial charge in [-0.2, -0.15) is 0 Å². The molecule has 3 aromatic rings. The van der Waals surface area contributed by atoms with E-state index < -0.39 is 0 Å². The molecule has 0 aliphatic rings. The predicted molar refractivity (Wildman–Crippen MR) is 84.2 cm³/mol. The third-order valence-corrected chi connectivity index (χ3v) is 4.39. The lowest BCUT2D eigenvalue weighted by atomic mass is 10.1. The van der Waals surface area contributed by atoms with E-state index in [4.69, 9.17) is 5.73 Å². The number of anilines is 1. The largest absolute Gasteiger partial charge is 0.397 e. The Bertz CT molecular complexity index is 785. The number of nitrogens with one attached hydrogen (secondary N) is 1. The Morgan fingerprint density at radius 1 is 1.29 bits per heavy atom. The summed E-state index contributed by atoms with van der Waals surface area (Å²) in [4.78, 5) is 21.9. The molecule has 3 heterocycles. The molecule has 21 heavy (non-hydrogen) atoms. The Labute approximate surface area is 125 Å². The SMILES string of the molecule is CC(NC(=O)c1sc2ncccc2c1N)c1ccncc1. The zero-order chi connectivity index (χ0) is 14.8. The van der Waals surface area contributed by atoms with Gasteiger partial charge < -0.3 is 11.1 Å². The van der Waals surface area contributed by atoms with Crippen LogP contribution in [0, 0.1) is 0 Å². The van der Waals surface area contributed by atoms with Gasteiger partial charge in [-0.15, -0.1) is 11.3 Å². The average molecular weight is 298 g/mol. The zero-order valence-corrected chi connectivity index (χ0v) is 12.2. The highest BCUT2D eigenvalue weighted by Crippen LogP contribution is 2.32. The second-order valence-electron chi connectivity index (χ2n) is 4.68. The van der Waals surface area contributed by atoms with E-state index in [1.807, 2.05) is 31.2 Å². The fraction of sp³-hybridized carbons (Fsp3) is 0.133. The zero-order valence-electron chi connectivity index (χ0n) is 11.4. The molecule has 0 saturated heterocycles. The fourth-order valence-corrected chi connectivity index (χ4v) is 3.08. The van der Waals surface area contributed by atoms with E-state index in [0.717, 1.165) is 15.8 Å². The van der Waals surface area contributed by atoms with Crippen LogP contribution in [-0.2, 0) is 0 Å². The molecular weight excluding hydrogens is 284 g/mol. The van der Waals surface area contributed by atoms with Crippen molar-refractivity contribution >= 4 is 33.1 Å². The summed E-state index contributed by atoms with van der Waals surface area (Å²) >= 11 is 1.31. The van der Waals surface area contributed by atoms with Crippen LogP contribution in [0.3, 0.4) is 0 Å². The van der Waals surface area contributed by atoms with Crippen molar-refractivity contribution in [2.45, 2.75) is 13.0 Å². The molecule has 1 unspecified atom stereocenters. The van der Waals surface area contributed by atoms with E-state index in [-0.39, 0.29) is 11.9 Å². The first-order valence-corrected chi connectivity index (χ1v) is 7.32. The first kappa shape index (κ1) is 13.5. The van der Waals surface area contributed by atoms with Gasteiger partial charge in [0.1, 0.15) is 9.71 Å². The van der Waals surface area contributed by atoms with Gasteiger partial charge in [0.15, 0.2) is 0 Å². The highest BCUT2D eigenvalue weighted by molar-refractivity contribution is 7.21. The second kappa shape index (κ2) is 5.49. The minimum absolute atomic E-state index is 0.113. The molecule has 1 amide bonds. The Kier molecular flexibility index (Phi) is 3.53. The second-order valence-corrected chi connectivity index (χ2v) is 5.68. The van der Waals surface area contributed by atoms with Crippen LogP contribution < -0.4 is 11.1 Å². The number of carbonyl (C=O) groups excluding carboxylic acids is 1. The summed E-state index contributed by atoms with van der Waals surface area (Å²) in [6.07, 6.45) is 5.10. The molecule has 0 fully saturated rings. The quantitative estimate of drug-likeness (QED) is 0.779. The first-order chi connectivity index (χ1) is 10.2. The van der Waals surface area contributed by atoms with Crippen LogP contribution in [0.1, 0.15) is 28.2 Å². The number of nitrogens with two attached hydrogens (primary N) is 1. The first-order valence-electron chi connectivity index (χ1n) is 6.50. The maximum atomic E-state index is 12.4. The van der Waals surface area contributed by atoms with Crippen molar-refractivity contribution in [3.8, 4) is 0 Å². The van der Waals surface area contributed by atoms with Crippen LogP contribution in [0.2, 0.25) is 0 Å². The number of hydrogen-bond acceptors (Lipinski definition) is 5. The molecule has 3 rings (SSSR count). The van der Waals surface area contributed by atoms with Gasteiger partial charge in [-0.25, -0.2) is 4.98 Å². The van der Waals surface area contributed by atoms with Crippen LogP contribution in [0.15, 0.2) is 42.9 Å². The summed E-state index contributed by atoms with van der Waals surface area (Å²) in [5.74, 6) is -0.181. The normalized spacial score (nSPS) is 12.2. The van der Waals surface area contributed by atoms with E-state index in [9.17, 15) is 4.79 Å². The minimum Gasteiger partial charge on any atom is -0.397 e. The number of fused-ring (bicyclic) bond motifs is 1. The molecule has 0 aliphatic carbocycles. The number of aromatic nitrogens is 2. The smallest absolute Gasteiger partial charge is 0.264 e. The lowest BCUT2D eigenvalue weighted by Crippen LogP contribution is -2.26. The van der Waals surface area contributed by atoms with Crippen LogP contribution in [0.5, 0.6) is 0 Å². The van der Waals surface area contributed by atoms with Crippen LogP contribution in [0.25, 0.3) is 10.2 Å². The fourth-order valence-electron chi connectivity index (χ4n) is 2.12. The lowest BCUT2D eigenvalue weighted by molar-refractivity contribution is 0.0945. The van der Waals surface area contributed by atoms with Crippen molar-refractivity contribution in [1.29, 1.82) is 0 Å². The van der Waals surface area contributed by atoms with Gasteiger partial charge >= 0.3 is 0 Å².